The predicted octanol–water partition coefficient (Wildman–Crippen LogP) is 5.20. The summed E-state index contributed by atoms with van der Waals surface area (Å²) >= 11 is 6.23. The summed E-state index contributed by atoms with van der Waals surface area (Å²) in [6.07, 6.45) is 5.00. The standard InChI is InChI=1S/C14H17ClO.C2H6/c1-9-2-5-12-11(9)6-7-13(15)14(12)16-8-10-3-4-10;1-2/h6-7,9-10H,2-5,8H2,1H3;1-2H3. The van der Waals surface area contributed by atoms with Gasteiger partial charge < -0.3 is 4.74 Å². The highest BCUT2D eigenvalue weighted by molar-refractivity contribution is 6.32. The largest absolute Gasteiger partial charge is 0.491 e. The van der Waals surface area contributed by atoms with E-state index < -0.39 is 0 Å². The third-order valence-corrected chi connectivity index (χ3v) is 4.06. The normalized spacial score (nSPS) is 21.0. The van der Waals surface area contributed by atoms with Crippen LogP contribution in [0.3, 0.4) is 0 Å². The maximum Gasteiger partial charge on any atom is 0.141 e. The number of hydrogen-bond acceptors (Lipinski definition) is 1. The number of fused-ring (bicyclic) bond motifs is 1. The molecule has 0 radical (unpaired) electrons. The van der Waals surface area contributed by atoms with Crippen LogP contribution in [-0.2, 0) is 6.42 Å². The molecule has 100 valence electrons. The molecule has 1 fully saturated rings. The second-order valence-corrected chi connectivity index (χ2v) is 5.55. The minimum atomic E-state index is 0.663. The van der Waals surface area contributed by atoms with Crippen LogP contribution in [0.1, 0.15) is 57.1 Å². The number of benzene rings is 1. The molecule has 0 bridgehead atoms. The van der Waals surface area contributed by atoms with Crippen molar-refractivity contribution >= 4 is 11.6 Å². The van der Waals surface area contributed by atoms with Gasteiger partial charge in [-0.3, -0.25) is 0 Å². The zero-order chi connectivity index (χ0) is 13.1. The van der Waals surface area contributed by atoms with E-state index in [4.69, 9.17) is 16.3 Å². The maximum atomic E-state index is 6.23. The second kappa shape index (κ2) is 5.97. The molecule has 1 nitrogen and oxygen atoms in total. The molecule has 1 aromatic carbocycles. The van der Waals surface area contributed by atoms with Crippen LogP contribution in [0.15, 0.2) is 12.1 Å². The third-order valence-electron chi connectivity index (χ3n) is 3.77. The van der Waals surface area contributed by atoms with E-state index in [1.54, 1.807) is 0 Å². The number of halogens is 1. The molecule has 0 heterocycles. The lowest BCUT2D eigenvalue weighted by molar-refractivity contribution is 0.297. The van der Waals surface area contributed by atoms with Gasteiger partial charge in [0.1, 0.15) is 5.75 Å². The van der Waals surface area contributed by atoms with Crippen LogP contribution in [0.2, 0.25) is 5.02 Å². The van der Waals surface area contributed by atoms with Crippen LogP contribution < -0.4 is 4.74 Å². The van der Waals surface area contributed by atoms with Gasteiger partial charge in [0.25, 0.3) is 0 Å². The molecule has 0 amide bonds. The van der Waals surface area contributed by atoms with Crippen molar-refractivity contribution < 1.29 is 4.74 Å². The van der Waals surface area contributed by atoms with Gasteiger partial charge in [0.2, 0.25) is 0 Å². The molecule has 1 aromatic rings. The Morgan fingerprint density at radius 2 is 1.94 bits per heavy atom. The molecule has 0 aromatic heterocycles. The van der Waals surface area contributed by atoms with Crippen molar-refractivity contribution in [2.45, 2.75) is 52.4 Å². The molecule has 0 spiro atoms. The van der Waals surface area contributed by atoms with Crippen molar-refractivity contribution in [3.05, 3.63) is 28.3 Å². The van der Waals surface area contributed by atoms with Crippen LogP contribution in [0, 0.1) is 5.92 Å². The van der Waals surface area contributed by atoms with Crippen molar-refractivity contribution in [3.8, 4) is 5.75 Å². The van der Waals surface area contributed by atoms with Gasteiger partial charge in [0.15, 0.2) is 0 Å². The molecule has 0 N–H and O–H groups in total. The minimum absolute atomic E-state index is 0.663. The van der Waals surface area contributed by atoms with E-state index in [9.17, 15) is 0 Å². The molecular formula is C16H23ClO. The van der Waals surface area contributed by atoms with Crippen LogP contribution in [-0.4, -0.2) is 6.61 Å². The van der Waals surface area contributed by atoms with E-state index in [0.29, 0.717) is 5.92 Å². The predicted molar refractivity (Wildman–Crippen MR) is 77.8 cm³/mol. The van der Waals surface area contributed by atoms with Gasteiger partial charge in [0.05, 0.1) is 11.6 Å². The summed E-state index contributed by atoms with van der Waals surface area (Å²) in [4.78, 5) is 0. The first kappa shape index (κ1) is 13.7. The zero-order valence-corrected chi connectivity index (χ0v) is 12.4. The van der Waals surface area contributed by atoms with E-state index in [1.807, 2.05) is 19.9 Å². The highest BCUT2D eigenvalue weighted by Gasteiger charge is 2.26. The van der Waals surface area contributed by atoms with Crippen molar-refractivity contribution in [1.82, 2.24) is 0 Å². The van der Waals surface area contributed by atoms with Gasteiger partial charge in [-0.15, -0.1) is 0 Å². The van der Waals surface area contributed by atoms with E-state index in [0.717, 1.165) is 29.7 Å². The fourth-order valence-corrected chi connectivity index (χ4v) is 2.72. The molecular weight excluding hydrogens is 244 g/mol. The summed E-state index contributed by atoms with van der Waals surface area (Å²) in [5, 5.41) is 0.786. The van der Waals surface area contributed by atoms with Crippen LogP contribution in [0.4, 0.5) is 0 Å². The Balaban J connectivity index is 0.000000574. The Morgan fingerprint density at radius 1 is 1.22 bits per heavy atom. The molecule has 2 aliphatic carbocycles. The van der Waals surface area contributed by atoms with E-state index in [-0.39, 0.29) is 0 Å². The van der Waals surface area contributed by atoms with Gasteiger partial charge in [-0.1, -0.05) is 38.4 Å². The fourth-order valence-electron chi connectivity index (χ4n) is 2.49. The molecule has 2 heteroatoms. The molecule has 1 saturated carbocycles. The topological polar surface area (TPSA) is 9.23 Å². The summed E-state index contributed by atoms with van der Waals surface area (Å²) in [7, 11) is 0. The SMILES string of the molecule is CC.CC1CCc2c1ccc(Cl)c2OCC1CC1. The lowest BCUT2D eigenvalue weighted by Crippen LogP contribution is -2.02. The lowest BCUT2D eigenvalue weighted by atomic mass is 10.0. The quantitative estimate of drug-likeness (QED) is 0.730. The first-order valence-electron chi connectivity index (χ1n) is 7.20. The minimum Gasteiger partial charge on any atom is -0.491 e. The molecule has 1 unspecified atom stereocenters. The Hall–Kier alpha value is -0.690. The van der Waals surface area contributed by atoms with E-state index in [1.165, 1.54) is 30.4 Å². The summed E-state index contributed by atoms with van der Waals surface area (Å²) in [6.45, 7) is 7.13. The average Bonchev–Trinajstić information content (AvgIpc) is 3.14. The smallest absolute Gasteiger partial charge is 0.141 e. The summed E-state index contributed by atoms with van der Waals surface area (Å²) in [5.41, 5.74) is 2.80. The molecule has 3 rings (SSSR count). The van der Waals surface area contributed by atoms with Gasteiger partial charge in [-0.25, -0.2) is 0 Å². The fraction of sp³-hybridized carbons (Fsp3) is 0.625. The van der Waals surface area contributed by atoms with Crippen LogP contribution in [0.5, 0.6) is 5.75 Å². The Bertz CT molecular complexity index is 410. The molecule has 0 saturated heterocycles. The highest BCUT2D eigenvalue weighted by Crippen LogP contribution is 2.42. The number of rotatable bonds is 3. The molecule has 2 aliphatic rings. The van der Waals surface area contributed by atoms with Gasteiger partial charge in [0, 0.05) is 0 Å². The van der Waals surface area contributed by atoms with E-state index in [2.05, 4.69) is 13.0 Å². The lowest BCUT2D eigenvalue weighted by Gasteiger charge is -2.13. The molecule has 1 atom stereocenters. The number of ether oxygens (including phenoxy) is 1. The average molecular weight is 267 g/mol. The second-order valence-electron chi connectivity index (χ2n) is 5.14. The molecule has 0 aliphatic heterocycles. The number of hydrogen-bond donors (Lipinski definition) is 0. The van der Waals surface area contributed by atoms with Crippen molar-refractivity contribution in [1.29, 1.82) is 0 Å². The van der Waals surface area contributed by atoms with Gasteiger partial charge in [-0.2, -0.15) is 0 Å². The summed E-state index contributed by atoms with van der Waals surface area (Å²) in [6, 6.07) is 4.16. The van der Waals surface area contributed by atoms with Crippen LogP contribution in [0.25, 0.3) is 0 Å². The summed E-state index contributed by atoms with van der Waals surface area (Å²) in [5.74, 6) is 2.41. The van der Waals surface area contributed by atoms with Crippen molar-refractivity contribution in [2.24, 2.45) is 5.92 Å². The Kier molecular flexibility index (Phi) is 4.55. The highest BCUT2D eigenvalue weighted by atomic mass is 35.5. The molecule has 18 heavy (non-hydrogen) atoms. The van der Waals surface area contributed by atoms with Crippen LogP contribution >= 0.6 is 11.6 Å². The monoisotopic (exact) mass is 266 g/mol. The first-order valence-corrected chi connectivity index (χ1v) is 7.57. The zero-order valence-electron chi connectivity index (χ0n) is 11.6. The van der Waals surface area contributed by atoms with E-state index >= 15 is 0 Å². The first-order chi connectivity index (χ1) is 8.75. The Morgan fingerprint density at radius 3 is 2.61 bits per heavy atom. The van der Waals surface area contributed by atoms with Gasteiger partial charge >= 0.3 is 0 Å². The Labute approximate surface area is 115 Å². The van der Waals surface area contributed by atoms with Crippen molar-refractivity contribution in [2.75, 3.05) is 6.61 Å². The maximum absolute atomic E-state index is 6.23. The van der Waals surface area contributed by atoms with Crippen molar-refractivity contribution in [3.63, 3.8) is 0 Å². The van der Waals surface area contributed by atoms with Gasteiger partial charge in [-0.05, 0) is 54.7 Å². The third kappa shape index (κ3) is 2.83. The summed E-state index contributed by atoms with van der Waals surface area (Å²) < 4.78 is 5.92.